The minimum Gasteiger partial charge on any atom is -0.508 e. The van der Waals surface area contributed by atoms with Crippen LogP contribution in [0, 0.1) is 0 Å². The van der Waals surface area contributed by atoms with Gasteiger partial charge in [0.05, 0.1) is 21.0 Å². The maximum atomic E-state index is 12.9. The van der Waals surface area contributed by atoms with Crippen molar-refractivity contribution >= 4 is 55.8 Å². The Morgan fingerprint density at radius 3 is 2.42 bits per heavy atom. The van der Waals surface area contributed by atoms with Gasteiger partial charge in [0.25, 0.3) is 15.9 Å². The number of aromatic hydroxyl groups is 1. The molecule has 0 unspecified atom stereocenters. The van der Waals surface area contributed by atoms with Gasteiger partial charge in [-0.15, -0.1) is 0 Å². The summed E-state index contributed by atoms with van der Waals surface area (Å²) in [5.74, 6) is -0.391. The minimum absolute atomic E-state index is 0.0268. The van der Waals surface area contributed by atoms with Crippen LogP contribution in [-0.2, 0) is 10.0 Å². The predicted octanol–water partition coefficient (Wildman–Crippen LogP) is 4.82. The Morgan fingerprint density at radius 1 is 0.935 bits per heavy atom. The Hall–Kier alpha value is -3.27. The van der Waals surface area contributed by atoms with Crippen LogP contribution >= 0.6 is 23.2 Å². The summed E-state index contributed by atoms with van der Waals surface area (Å²) in [6.45, 7) is 0. The van der Waals surface area contributed by atoms with Crippen molar-refractivity contribution in [3.8, 4) is 17.4 Å². The first-order chi connectivity index (χ1) is 14.7. The molecule has 4 aromatic rings. The number of nitrogen functional groups attached to an aromatic ring is 1. The van der Waals surface area contributed by atoms with Crippen molar-refractivity contribution in [2.24, 2.45) is 0 Å². The number of nitrogens with one attached hydrogen (secondary N) is 1. The molecule has 158 valence electrons. The molecule has 11 heteroatoms. The number of benzene rings is 3. The van der Waals surface area contributed by atoms with Gasteiger partial charge in [-0.1, -0.05) is 23.2 Å². The maximum absolute atomic E-state index is 12.9. The van der Waals surface area contributed by atoms with Crippen LogP contribution in [0.2, 0.25) is 10.0 Å². The number of sulfonamides is 1. The highest BCUT2D eigenvalue weighted by Crippen LogP contribution is 2.36. The van der Waals surface area contributed by atoms with Crippen LogP contribution in [0.3, 0.4) is 0 Å². The first-order valence-electron chi connectivity index (χ1n) is 8.73. The van der Waals surface area contributed by atoms with Crippen LogP contribution in [0.5, 0.6) is 17.4 Å². The number of phenols is 1. The molecule has 0 saturated carbocycles. The van der Waals surface area contributed by atoms with Crippen LogP contribution in [0.4, 0.5) is 11.5 Å². The molecule has 0 radical (unpaired) electrons. The number of nitrogens with two attached hydrogens (primary N) is 1. The lowest BCUT2D eigenvalue weighted by molar-refractivity contribution is 0.447. The second kappa shape index (κ2) is 8.10. The van der Waals surface area contributed by atoms with Gasteiger partial charge in [-0.05, 0) is 54.6 Å². The van der Waals surface area contributed by atoms with Crippen molar-refractivity contribution in [3.05, 3.63) is 70.7 Å². The highest BCUT2D eigenvalue weighted by molar-refractivity contribution is 7.92. The average molecular weight is 477 g/mol. The lowest BCUT2D eigenvalue weighted by atomic mass is 10.3. The zero-order chi connectivity index (χ0) is 22.2. The van der Waals surface area contributed by atoms with E-state index in [0.29, 0.717) is 21.7 Å². The molecule has 4 N–H and O–H groups in total. The minimum atomic E-state index is -4.04. The summed E-state index contributed by atoms with van der Waals surface area (Å²) in [6, 6.07) is 14.5. The van der Waals surface area contributed by atoms with Gasteiger partial charge in [0, 0.05) is 16.8 Å². The number of nitrogens with zero attached hydrogens (tertiary/aromatic N) is 2. The monoisotopic (exact) mass is 476 g/mol. The average Bonchev–Trinajstić information content (AvgIpc) is 2.71. The number of halogens is 2. The van der Waals surface area contributed by atoms with E-state index in [1.807, 2.05) is 0 Å². The third kappa shape index (κ3) is 4.58. The van der Waals surface area contributed by atoms with E-state index in [2.05, 4.69) is 14.7 Å². The second-order valence-electron chi connectivity index (χ2n) is 6.40. The number of phenolic OH excluding ortho intramolecular Hbond substituents is 1. The van der Waals surface area contributed by atoms with Crippen molar-refractivity contribution in [2.75, 3.05) is 10.5 Å². The lowest BCUT2D eigenvalue weighted by Gasteiger charge is -2.14. The van der Waals surface area contributed by atoms with E-state index in [9.17, 15) is 13.5 Å². The van der Waals surface area contributed by atoms with Gasteiger partial charge < -0.3 is 15.6 Å². The number of ether oxygens (including phenoxy) is 1. The fraction of sp³-hybridized carbons (Fsp3) is 0. The summed E-state index contributed by atoms with van der Waals surface area (Å²) < 4.78 is 33.8. The van der Waals surface area contributed by atoms with Gasteiger partial charge in [0.15, 0.2) is 5.75 Å². The van der Waals surface area contributed by atoms with Gasteiger partial charge in [-0.2, -0.15) is 0 Å². The second-order valence-corrected chi connectivity index (χ2v) is 8.93. The third-order valence-corrected chi connectivity index (χ3v) is 6.04. The molecule has 0 saturated heterocycles. The largest absolute Gasteiger partial charge is 0.508 e. The maximum Gasteiger partial charge on any atom is 0.264 e. The van der Waals surface area contributed by atoms with Crippen LogP contribution in [0.1, 0.15) is 0 Å². The van der Waals surface area contributed by atoms with Gasteiger partial charge >= 0.3 is 0 Å². The van der Waals surface area contributed by atoms with Gasteiger partial charge in [-0.3, -0.25) is 4.72 Å². The van der Waals surface area contributed by atoms with E-state index >= 15 is 0 Å². The number of hydrogen-bond donors (Lipinski definition) is 3. The van der Waals surface area contributed by atoms with Crippen LogP contribution in [-0.4, -0.2) is 23.5 Å². The predicted molar refractivity (Wildman–Crippen MR) is 119 cm³/mol. The number of aromatic nitrogens is 2. The molecule has 1 heterocycles. The quantitative estimate of drug-likeness (QED) is 0.352. The topological polar surface area (TPSA) is 127 Å². The van der Waals surface area contributed by atoms with E-state index in [1.54, 1.807) is 18.2 Å². The fourth-order valence-corrected chi connectivity index (χ4v) is 3.98. The van der Waals surface area contributed by atoms with E-state index in [4.69, 9.17) is 33.7 Å². The Balaban J connectivity index is 1.82. The Morgan fingerprint density at radius 2 is 1.68 bits per heavy atom. The first-order valence-corrected chi connectivity index (χ1v) is 11.0. The zero-order valence-electron chi connectivity index (χ0n) is 15.6. The molecular weight excluding hydrogens is 463 g/mol. The normalized spacial score (nSPS) is 11.4. The highest BCUT2D eigenvalue weighted by atomic mass is 35.5. The van der Waals surface area contributed by atoms with Gasteiger partial charge in [-0.25, -0.2) is 18.4 Å². The van der Waals surface area contributed by atoms with E-state index in [-0.39, 0.29) is 33.1 Å². The highest BCUT2D eigenvalue weighted by Gasteiger charge is 2.21. The molecule has 3 aromatic carbocycles. The fourth-order valence-electron chi connectivity index (χ4n) is 2.66. The van der Waals surface area contributed by atoms with Gasteiger partial charge in [0.2, 0.25) is 5.82 Å². The Bertz CT molecular complexity index is 1400. The zero-order valence-corrected chi connectivity index (χ0v) is 17.9. The van der Waals surface area contributed by atoms with Crippen LogP contribution in [0.25, 0.3) is 11.0 Å². The summed E-state index contributed by atoms with van der Waals surface area (Å²) in [7, 11) is -4.04. The molecule has 0 bridgehead atoms. The summed E-state index contributed by atoms with van der Waals surface area (Å²) in [4.78, 5) is 8.64. The van der Waals surface area contributed by atoms with E-state index < -0.39 is 10.0 Å². The van der Waals surface area contributed by atoms with Crippen LogP contribution < -0.4 is 15.2 Å². The summed E-state index contributed by atoms with van der Waals surface area (Å²) >= 11 is 12.2. The number of anilines is 2. The van der Waals surface area contributed by atoms with Crippen LogP contribution in [0.15, 0.2) is 65.6 Å². The molecule has 0 spiro atoms. The molecule has 31 heavy (non-hydrogen) atoms. The Labute approximate surface area is 187 Å². The number of hydrogen-bond acceptors (Lipinski definition) is 7. The Kier molecular flexibility index (Phi) is 5.48. The molecule has 1 aromatic heterocycles. The molecule has 0 atom stereocenters. The number of rotatable bonds is 5. The van der Waals surface area contributed by atoms with Gasteiger partial charge in [0.1, 0.15) is 5.75 Å². The third-order valence-electron chi connectivity index (χ3n) is 4.14. The SMILES string of the molecule is Nc1ccc(S(=O)(=O)Nc2nc3ccc(Cl)cc3nc2Oc2cc(O)ccc2Cl)cc1. The first kappa shape index (κ1) is 21.0. The lowest BCUT2D eigenvalue weighted by Crippen LogP contribution is -2.15. The summed E-state index contributed by atoms with van der Waals surface area (Å²) in [6.07, 6.45) is 0. The van der Waals surface area contributed by atoms with Crippen molar-refractivity contribution in [1.82, 2.24) is 9.97 Å². The van der Waals surface area contributed by atoms with Crippen molar-refractivity contribution in [1.29, 1.82) is 0 Å². The number of fused-ring (bicyclic) bond motifs is 1. The molecule has 8 nitrogen and oxygen atoms in total. The smallest absolute Gasteiger partial charge is 0.264 e. The van der Waals surface area contributed by atoms with Crippen molar-refractivity contribution in [3.63, 3.8) is 0 Å². The van der Waals surface area contributed by atoms with Crippen molar-refractivity contribution < 1.29 is 18.3 Å². The molecular formula is C20H14Cl2N4O4S. The van der Waals surface area contributed by atoms with E-state index in [0.717, 1.165) is 0 Å². The molecule has 0 aliphatic rings. The summed E-state index contributed by atoms with van der Waals surface area (Å²) in [5, 5.41) is 10.3. The molecule has 0 amide bonds. The summed E-state index contributed by atoms with van der Waals surface area (Å²) in [5.41, 5.74) is 6.81. The molecule has 0 fully saturated rings. The molecule has 0 aliphatic carbocycles. The van der Waals surface area contributed by atoms with E-state index in [1.165, 1.54) is 42.5 Å². The molecule has 0 aliphatic heterocycles. The van der Waals surface area contributed by atoms with Crippen molar-refractivity contribution in [2.45, 2.75) is 4.90 Å². The molecule has 4 rings (SSSR count). The standard InChI is InChI=1S/C20H14Cl2N4O4S/c21-11-1-8-16-17(9-11)25-20(30-18-10-13(27)4-7-15(18)22)19(24-16)26-31(28,29)14-5-2-12(23)3-6-14/h1-10,27H,23H2,(H,24,26).